The summed E-state index contributed by atoms with van der Waals surface area (Å²) in [5.74, 6) is 1.39. The first kappa shape index (κ1) is 17.1. The fourth-order valence-electron chi connectivity index (χ4n) is 2.73. The van der Waals surface area contributed by atoms with Gasteiger partial charge in [0.15, 0.2) is 11.9 Å². The van der Waals surface area contributed by atoms with Crippen LogP contribution in [0.15, 0.2) is 53.7 Å². The molecule has 1 aromatic heterocycles. The minimum atomic E-state index is -0.466. The lowest BCUT2D eigenvalue weighted by atomic mass is 10.1. The number of fused-ring (bicyclic) bond motifs is 3. The molecule has 1 aliphatic rings. The minimum absolute atomic E-state index is 0.459. The van der Waals surface area contributed by atoms with Crippen LogP contribution in [0.3, 0.4) is 0 Å². The molecule has 132 valence electrons. The van der Waals surface area contributed by atoms with E-state index in [2.05, 4.69) is 27.4 Å². The van der Waals surface area contributed by atoms with Crippen LogP contribution in [0.25, 0.3) is 11.3 Å². The van der Waals surface area contributed by atoms with Gasteiger partial charge >= 0.3 is 0 Å². The molecule has 0 aliphatic carbocycles. The minimum Gasteiger partial charge on any atom is -0.448 e. The van der Waals surface area contributed by atoms with E-state index < -0.39 is 6.23 Å². The van der Waals surface area contributed by atoms with E-state index in [0.717, 1.165) is 29.0 Å². The number of hydrogen-bond donors (Lipinski definition) is 1. The standard InChI is InChI=1S/C19H17ClN4OS/c1-2-11-26-19-22-18-16(23-24-19)13-8-4-6-10-15(13)21-17(25-18)12-7-3-5-9-14(12)20/h3-10,17,21H,2,11H2,1H3/t17-/m1/s1. The Bertz CT molecular complexity index is 937. The van der Waals surface area contributed by atoms with Gasteiger partial charge in [-0.2, -0.15) is 4.98 Å². The van der Waals surface area contributed by atoms with Gasteiger partial charge in [0.1, 0.15) is 0 Å². The van der Waals surface area contributed by atoms with E-state index >= 15 is 0 Å². The Morgan fingerprint density at radius 2 is 1.92 bits per heavy atom. The fourth-order valence-corrected chi connectivity index (χ4v) is 3.60. The molecular weight excluding hydrogens is 368 g/mol. The van der Waals surface area contributed by atoms with Gasteiger partial charge in [0, 0.05) is 27.6 Å². The molecule has 0 spiro atoms. The van der Waals surface area contributed by atoms with Crippen LogP contribution in [0, 0.1) is 0 Å². The second-order valence-corrected chi connectivity index (χ2v) is 7.28. The monoisotopic (exact) mass is 384 g/mol. The van der Waals surface area contributed by atoms with Crippen molar-refractivity contribution in [3.8, 4) is 17.1 Å². The summed E-state index contributed by atoms with van der Waals surface area (Å²) in [5.41, 5.74) is 3.28. The molecule has 3 aromatic rings. The Hall–Kier alpha value is -2.31. The van der Waals surface area contributed by atoms with Crippen molar-refractivity contribution >= 4 is 29.1 Å². The summed E-state index contributed by atoms with van der Waals surface area (Å²) in [7, 11) is 0. The summed E-state index contributed by atoms with van der Waals surface area (Å²) in [5, 5.41) is 13.3. The van der Waals surface area contributed by atoms with Crippen molar-refractivity contribution in [1.82, 2.24) is 15.2 Å². The lowest BCUT2D eigenvalue weighted by Gasteiger charge is -2.20. The Kier molecular flexibility index (Phi) is 4.95. The number of anilines is 1. The quantitative estimate of drug-likeness (QED) is 0.624. The van der Waals surface area contributed by atoms with Crippen molar-refractivity contribution < 1.29 is 4.74 Å². The Morgan fingerprint density at radius 3 is 2.77 bits per heavy atom. The van der Waals surface area contributed by atoms with E-state index in [1.807, 2.05) is 48.5 Å². The Labute approximate surface area is 161 Å². The summed E-state index contributed by atoms with van der Waals surface area (Å²) in [6.45, 7) is 2.12. The molecule has 2 aromatic carbocycles. The van der Waals surface area contributed by atoms with Crippen LogP contribution >= 0.6 is 23.4 Å². The Morgan fingerprint density at radius 1 is 1.12 bits per heavy atom. The smallest absolute Gasteiger partial charge is 0.247 e. The normalized spacial score (nSPS) is 15.2. The second-order valence-electron chi connectivity index (χ2n) is 5.81. The van der Waals surface area contributed by atoms with Gasteiger partial charge in [0.05, 0.1) is 0 Å². The summed E-state index contributed by atoms with van der Waals surface area (Å²) in [6, 6.07) is 15.5. The largest absolute Gasteiger partial charge is 0.448 e. The lowest BCUT2D eigenvalue weighted by molar-refractivity contribution is 0.225. The van der Waals surface area contributed by atoms with Gasteiger partial charge in [0.25, 0.3) is 0 Å². The maximum absolute atomic E-state index is 6.39. The highest BCUT2D eigenvalue weighted by Gasteiger charge is 2.26. The first-order valence-electron chi connectivity index (χ1n) is 8.41. The van der Waals surface area contributed by atoms with E-state index in [1.54, 1.807) is 11.8 Å². The van der Waals surface area contributed by atoms with Gasteiger partial charge in [-0.3, -0.25) is 0 Å². The van der Waals surface area contributed by atoms with Crippen molar-refractivity contribution in [2.45, 2.75) is 24.7 Å². The van der Waals surface area contributed by atoms with Gasteiger partial charge in [-0.1, -0.05) is 66.7 Å². The van der Waals surface area contributed by atoms with Crippen molar-refractivity contribution in [3.63, 3.8) is 0 Å². The summed E-state index contributed by atoms with van der Waals surface area (Å²) >= 11 is 7.96. The van der Waals surface area contributed by atoms with E-state index in [-0.39, 0.29) is 0 Å². The van der Waals surface area contributed by atoms with Gasteiger partial charge < -0.3 is 10.1 Å². The summed E-state index contributed by atoms with van der Waals surface area (Å²) in [4.78, 5) is 4.60. The molecule has 1 N–H and O–H groups in total. The molecule has 0 amide bonds. The van der Waals surface area contributed by atoms with Crippen LogP contribution in [0.2, 0.25) is 5.02 Å². The third-order valence-corrected chi connectivity index (χ3v) is 5.34. The lowest BCUT2D eigenvalue weighted by Crippen LogP contribution is -2.17. The molecule has 0 saturated heterocycles. The number of nitrogens with zero attached hydrogens (tertiary/aromatic N) is 3. The van der Waals surface area contributed by atoms with Crippen LogP contribution in [0.1, 0.15) is 25.1 Å². The average Bonchev–Trinajstić information content (AvgIpc) is 2.83. The molecule has 4 rings (SSSR count). The molecule has 2 heterocycles. The SMILES string of the molecule is CCCSc1nnc2c(n1)O[C@H](c1ccccc1Cl)Nc1ccccc1-2. The van der Waals surface area contributed by atoms with Gasteiger partial charge in [-0.25, -0.2) is 0 Å². The van der Waals surface area contributed by atoms with E-state index in [9.17, 15) is 0 Å². The van der Waals surface area contributed by atoms with Crippen molar-refractivity contribution in [3.05, 3.63) is 59.1 Å². The molecule has 0 bridgehead atoms. The molecule has 0 saturated carbocycles. The van der Waals surface area contributed by atoms with Crippen LogP contribution in [0.4, 0.5) is 5.69 Å². The molecule has 26 heavy (non-hydrogen) atoms. The Balaban J connectivity index is 1.81. The molecule has 7 heteroatoms. The first-order valence-corrected chi connectivity index (χ1v) is 9.77. The summed E-state index contributed by atoms with van der Waals surface area (Å²) < 4.78 is 6.20. The summed E-state index contributed by atoms with van der Waals surface area (Å²) in [6.07, 6.45) is 0.574. The number of rotatable bonds is 4. The van der Waals surface area contributed by atoms with Crippen molar-refractivity contribution in [2.24, 2.45) is 0 Å². The molecule has 5 nitrogen and oxygen atoms in total. The van der Waals surface area contributed by atoms with Crippen LogP contribution in [0.5, 0.6) is 5.88 Å². The number of para-hydroxylation sites is 1. The average molecular weight is 385 g/mol. The maximum atomic E-state index is 6.39. The molecule has 0 unspecified atom stereocenters. The number of thioether (sulfide) groups is 1. The number of nitrogens with one attached hydrogen (secondary N) is 1. The zero-order valence-electron chi connectivity index (χ0n) is 14.1. The first-order chi connectivity index (χ1) is 12.8. The molecular formula is C19H17ClN4OS. The number of hydrogen-bond acceptors (Lipinski definition) is 6. The van der Waals surface area contributed by atoms with E-state index in [4.69, 9.17) is 16.3 Å². The third kappa shape index (κ3) is 3.34. The number of ether oxygens (including phenoxy) is 1. The topological polar surface area (TPSA) is 59.9 Å². The number of benzene rings is 2. The third-order valence-electron chi connectivity index (χ3n) is 3.96. The van der Waals surface area contributed by atoms with Gasteiger partial charge in [0.2, 0.25) is 11.0 Å². The molecule has 1 aliphatic heterocycles. The predicted octanol–water partition coefficient (Wildman–Crippen LogP) is 5.20. The molecule has 0 radical (unpaired) electrons. The van der Waals surface area contributed by atoms with Crippen LogP contribution < -0.4 is 10.1 Å². The van der Waals surface area contributed by atoms with Crippen molar-refractivity contribution in [1.29, 1.82) is 0 Å². The zero-order chi connectivity index (χ0) is 17.9. The number of halogens is 1. The maximum Gasteiger partial charge on any atom is 0.247 e. The van der Waals surface area contributed by atoms with Gasteiger partial charge in [-0.15, -0.1) is 10.2 Å². The van der Waals surface area contributed by atoms with Gasteiger partial charge in [-0.05, 0) is 18.6 Å². The van der Waals surface area contributed by atoms with Crippen LogP contribution in [-0.2, 0) is 0 Å². The molecule has 0 fully saturated rings. The van der Waals surface area contributed by atoms with E-state index in [0.29, 0.717) is 21.8 Å². The van der Waals surface area contributed by atoms with Crippen molar-refractivity contribution in [2.75, 3.05) is 11.1 Å². The highest BCUT2D eigenvalue weighted by Crippen LogP contribution is 2.40. The second kappa shape index (κ2) is 7.51. The zero-order valence-corrected chi connectivity index (χ0v) is 15.7. The molecule has 1 atom stereocenters. The van der Waals surface area contributed by atoms with E-state index in [1.165, 1.54) is 0 Å². The fraction of sp³-hybridized carbons (Fsp3) is 0.211. The highest BCUT2D eigenvalue weighted by atomic mass is 35.5. The highest BCUT2D eigenvalue weighted by molar-refractivity contribution is 7.99. The van der Waals surface area contributed by atoms with Crippen LogP contribution in [-0.4, -0.2) is 20.9 Å². The predicted molar refractivity (Wildman–Crippen MR) is 105 cm³/mol. The number of aromatic nitrogens is 3.